The van der Waals surface area contributed by atoms with E-state index < -0.39 is 0 Å². The first-order valence-corrected chi connectivity index (χ1v) is 7.67. The number of aromatic nitrogens is 1. The lowest BCUT2D eigenvalue weighted by molar-refractivity contribution is 0.556. The second-order valence-corrected chi connectivity index (χ2v) is 6.97. The van der Waals surface area contributed by atoms with Crippen molar-refractivity contribution < 1.29 is 4.39 Å². The Bertz CT molecular complexity index is 584. The van der Waals surface area contributed by atoms with Crippen LogP contribution in [0, 0.1) is 5.82 Å². The third-order valence-corrected chi connectivity index (χ3v) is 4.35. The number of nitrogens with zero attached hydrogens (tertiary/aromatic N) is 1. The number of nitrogens with one attached hydrogen (secondary N) is 1. The topological polar surface area (TPSA) is 24.9 Å². The van der Waals surface area contributed by atoms with Gasteiger partial charge in [-0.2, -0.15) is 0 Å². The van der Waals surface area contributed by atoms with E-state index in [9.17, 15) is 4.39 Å². The lowest BCUT2D eigenvalue weighted by Gasteiger charge is -2.17. The van der Waals surface area contributed by atoms with Crippen LogP contribution in [-0.2, 0) is 5.41 Å². The monoisotopic (exact) mass is 312 g/mol. The second kappa shape index (κ2) is 5.80. The molecule has 1 unspecified atom stereocenters. The predicted molar refractivity (Wildman–Crippen MR) is 83.1 cm³/mol. The summed E-state index contributed by atoms with van der Waals surface area (Å²) in [7, 11) is 1.78. The second-order valence-electron chi connectivity index (χ2n) is 5.68. The van der Waals surface area contributed by atoms with Crippen LogP contribution in [0.3, 0.4) is 0 Å². The summed E-state index contributed by atoms with van der Waals surface area (Å²) in [4.78, 5) is 4.64. The van der Waals surface area contributed by atoms with Crippen molar-refractivity contribution in [2.45, 2.75) is 32.2 Å². The Morgan fingerprint density at radius 3 is 2.55 bits per heavy atom. The molecular formula is C15H18ClFN2S. The van der Waals surface area contributed by atoms with Gasteiger partial charge < -0.3 is 5.32 Å². The van der Waals surface area contributed by atoms with E-state index in [4.69, 9.17) is 11.6 Å². The van der Waals surface area contributed by atoms with Gasteiger partial charge in [0.05, 0.1) is 11.7 Å². The Kier molecular flexibility index (Phi) is 4.47. The quantitative estimate of drug-likeness (QED) is 0.900. The predicted octanol–water partition coefficient (Wildman–Crippen LogP) is 4.54. The third-order valence-electron chi connectivity index (χ3n) is 3.11. The molecule has 0 radical (unpaired) electrons. The van der Waals surface area contributed by atoms with Gasteiger partial charge in [0.2, 0.25) is 0 Å². The molecule has 2 nitrogen and oxygen atoms in total. The molecular weight excluding hydrogens is 295 g/mol. The minimum atomic E-state index is -0.329. The Balaban J connectivity index is 2.45. The molecule has 1 N–H and O–H groups in total. The van der Waals surface area contributed by atoms with Crippen LogP contribution >= 0.6 is 22.9 Å². The van der Waals surface area contributed by atoms with Crippen LogP contribution < -0.4 is 5.32 Å². The Morgan fingerprint density at radius 1 is 1.35 bits per heavy atom. The lowest BCUT2D eigenvalue weighted by Crippen LogP contribution is -2.20. The van der Waals surface area contributed by atoms with Gasteiger partial charge >= 0.3 is 0 Å². The standard InChI is InChI=1S/C15H18ClFN2S/c1-15(2,3)11-8-20-14(19-11)13(18-4)12-9(16)6-5-7-10(12)17/h5-8,13,18H,1-4H3. The van der Waals surface area contributed by atoms with Crippen molar-refractivity contribution in [2.24, 2.45) is 0 Å². The molecule has 0 aliphatic rings. The van der Waals surface area contributed by atoms with Gasteiger partial charge in [-0.15, -0.1) is 11.3 Å². The summed E-state index contributed by atoms with van der Waals surface area (Å²) in [5.74, 6) is -0.315. The Labute approximate surface area is 128 Å². The summed E-state index contributed by atoms with van der Waals surface area (Å²) in [6, 6.07) is 4.40. The first kappa shape index (κ1) is 15.4. The molecule has 0 saturated heterocycles. The molecule has 0 aliphatic carbocycles. The maximum absolute atomic E-state index is 14.1. The maximum Gasteiger partial charge on any atom is 0.129 e. The van der Waals surface area contributed by atoms with Crippen molar-refractivity contribution >= 4 is 22.9 Å². The highest BCUT2D eigenvalue weighted by Crippen LogP contribution is 2.34. The van der Waals surface area contributed by atoms with Crippen LogP contribution in [0.2, 0.25) is 5.02 Å². The largest absolute Gasteiger partial charge is 0.307 e. The minimum Gasteiger partial charge on any atom is -0.307 e. The zero-order chi connectivity index (χ0) is 14.9. The molecule has 108 valence electrons. The van der Waals surface area contributed by atoms with E-state index >= 15 is 0 Å². The molecule has 0 amide bonds. The maximum atomic E-state index is 14.1. The van der Waals surface area contributed by atoms with Gasteiger partial charge in [-0.1, -0.05) is 38.4 Å². The first-order chi connectivity index (χ1) is 9.34. The van der Waals surface area contributed by atoms with Crippen LogP contribution in [0.25, 0.3) is 0 Å². The van der Waals surface area contributed by atoms with Crippen molar-refractivity contribution in [3.05, 3.63) is 50.7 Å². The summed E-state index contributed by atoms with van der Waals surface area (Å²) >= 11 is 7.67. The summed E-state index contributed by atoms with van der Waals surface area (Å²) in [5.41, 5.74) is 1.43. The zero-order valence-corrected chi connectivity index (χ0v) is 13.6. The Hall–Kier alpha value is -0.970. The number of hydrogen-bond donors (Lipinski definition) is 1. The number of rotatable bonds is 3. The molecule has 0 fully saturated rings. The van der Waals surface area contributed by atoms with Gasteiger partial charge in [-0.3, -0.25) is 0 Å². The number of halogens is 2. The smallest absolute Gasteiger partial charge is 0.129 e. The fraction of sp³-hybridized carbons (Fsp3) is 0.400. The highest BCUT2D eigenvalue weighted by molar-refractivity contribution is 7.09. The molecule has 0 saturated carbocycles. The van der Waals surface area contributed by atoms with Gasteiger partial charge in [0.25, 0.3) is 0 Å². The van der Waals surface area contributed by atoms with Gasteiger partial charge in [0, 0.05) is 21.4 Å². The number of benzene rings is 1. The van der Waals surface area contributed by atoms with E-state index in [1.165, 1.54) is 17.4 Å². The number of hydrogen-bond acceptors (Lipinski definition) is 3. The summed E-state index contributed by atoms with van der Waals surface area (Å²) in [6.07, 6.45) is 0. The van der Waals surface area contributed by atoms with Crippen LogP contribution in [0.1, 0.15) is 43.1 Å². The van der Waals surface area contributed by atoms with Crippen LogP contribution in [0.4, 0.5) is 4.39 Å². The van der Waals surface area contributed by atoms with Crippen molar-refractivity contribution in [1.29, 1.82) is 0 Å². The molecule has 1 aromatic carbocycles. The SMILES string of the molecule is CNC(c1nc(C(C)(C)C)cs1)c1c(F)cccc1Cl. The van der Waals surface area contributed by atoms with E-state index in [2.05, 4.69) is 31.1 Å². The highest BCUT2D eigenvalue weighted by atomic mass is 35.5. The molecule has 1 heterocycles. The molecule has 5 heteroatoms. The van der Waals surface area contributed by atoms with Crippen LogP contribution in [0.5, 0.6) is 0 Å². The van der Waals surface area contributed by atoms with Crippen LogP contribution in [-0.4, -0.2) is 12.0 Å². The third kappa shape index (κ3) is 3.03. The minimum absolute atomic E-state index is 0.0218. The first-order valence-electron chi connectivity index (χ1n) is 6.41. The van der Waals surface area contributed by atoms with Crippen molar-refractivity contribution in [2.75, 3.05) is 7.05 Å². The van der Waals surface area contributed by atoms with Crippen molar-refractivity contribution in [3.63, 3.8) is 0 Å². The van der Waals surface area contributed by atoms with Gasteiger partial charge in [0.15, 0.2) is 0 Å². The van der Waals surface area contributed by atoms with Gasteiger partial charge in [-0.05, 0) is 19.2 Å². The average molecular weight is 313 g/mol. The Morgan fingerprint density at radius 2 is 2.05 bits per heavy atom. The lowest BCUT2D eigenvalue weighted by atomic mass is 9.93. The molecule has 20 heavy (non-hydrogen) atoms. The van der Waals surface area contributed by atoms with E-state index in [0.29, 0.717) is 10.6 Å². The molecule has 1 aromatic heterocycles. The van der Waals surface area contributed by atoms with E-state index in [-0.39, 0.29) is 17.3 Å². The molecule has 0 bridgehead atoms. The van der Waals surface area contributed by atoms with E-state index in [0.717, 1.165) is 10.7 Å². The summed E-state index contributed by atoms with van der Waals surface area (Å²) in [5, 5.41) is 6.36. The normalized spacial score (nSPS) is 13.5. The van der Waals surface area contributed by atoms with E-state index in [1.807, 2.05) is 5.38 Å². The highest BCUT2D eigenvalue weighted by Gasteiger charge is 2.25. The van der Waals surface area contributed by atoms with Crippen molar-refractivity contribution in [3.8, 4) is 0 Å². The zero-order valence-electron chi connectivity index (χ0n) is 12.0. The van der Waals surface area contributed by atoms with Crippen molar-refractivity contribution in [1.82, 2.24) is 10.3 Å². The summed E-state index contributed by atoms with van der Waals surface area (Å²) < 4.78 is 14.1. The molecule has 2 rings (SSSR count). The van der Waals surface area contributed by atoms with Gasteiger partial charge in [-0.25, -0.2) is 9.37 Å². The average Bonchev–Trinajstić information content (AvgIpc) is 2.83. The molecule has 1 atom stereocenters. The fourth-order valence-electron chi connectivity index (χ4n) is 1.94. The van der Waals surface area contributed by atoms with Crippen LogP contribution in [0.15, 0.2) is 23.6 Å². The molecule has 2 aromatic rings. The number of thiazole rings is 1. The molecule has 0 aliphatic heterocycles. The van der Waals surface area contributed by atoms with E-state index in [1.54, 1.807) is 19.2 Å². The summed E-state index contributed by atoms with van der Waals surface area (Å²) in [6.45, 7) is 6.32. The fourth-order valence-corrected chi connectivity index (χ4v) is 3.38. The molecule has 0 spiro atoms. The van der Waals surface area contributed by atoms with Gasteiger partial charge in [0.1, 0.15) is 10.8 Å².